The van der Waals surface area contributed by atoms with Gasteiger partial charge in [-0.05, 0) is 43.2 Å². The first-order valence-electron chi connectivity index (χ1n) is 10.5. The Morgan fingerprint density at radius 1 is 0.903 bits per heavy atom. The van der Waals surface area contributed by atoms with Gasteiger partial charge in [0.25, 0.3) is 5.91 Å². The Labute approximate surface area is 182 Å². The van der Waals surface area contributed by atoms with Crippen molar-refractivity contribution in [3.8, 4) is 17.2 Å². The van der Waals surface area contributed by atoms with E-state index in [0.717, 1.165) is 18.4 Å². The fourth-order valence-electron chi connectivity index (χ4n) is 4.13. The molecular formula is C24H28N2O5. The molecule has 0 unspecified atom stereocenters. The van der Waals surface area contributed by atoms with Gasteiger partial charge in [0, 0.05) is 42.2 Å². The van der Waals surface area contributed by atoms with Crippen LogP contribution in [0.1, 0.15) is 34.7 Å². The molecule has 0 aromatic heterocycles. The molecule has 0 spiro atoms. The maximum absolute atomic E-state index is 13.2. The number of carbonyl (C=O) groups is 2. The zero-order chi connectivity index (χ0) is 22.0. The van der Waals surface area contributed by atoms with Crippen LogP contribution in [-0.4, -0.2) is 57.2 Å². The van der Waals surface area contributed by atoms with Gasteiger partial charge in [-0.25, -0.2) is 0 Å². The maximum atomic E-state index is 13.2. The van der Waals surface area contributed by atoms with Crippen molar-refractivity contribution in [1.29, 1.82) is 0 Å². The lowest BCUT2D eigenvalue weighted by Crippen LogP contribution is -2.36. The van der Waals surface area contributed by atoms with Crippen molar-refractivity contribution in [2.24, 2.45) is 5.92 Å². The van der Waals surface area contributed by atoms with Crippen LogP contribution in [-0.2, 0) is 4.79 Å². The van der Waals surface area contributed by atoms with Crippen LogP contribution in [0.5, 0.6) is 17.2 Å². The standard InChI is InChI=1S/C24H28N2O5/c1-29-17-8-4-15(5-9-17)24(28)26-13-20(21(14-26)23(27)25-16-6-7-16)19-11-10-18(30-2)12-22(19)31-3/h4-5,8-12,16,20-21H,6-7,13-14H2,1-3H3,(H,25,27)/t20-,21+/m0/s1. The number of ether oxygens (including phenoxy) is 3. The molecular weight excluding hydrogens is 396 g/mol. The number of carbonyl (C=O) groups excluding carboxylic acids is 2. The number of methoxy groups -OCH3 is 3. The fourth-order valence-corrected chi connectivity index (χ4v) is 4.13. The van der Waals surface area contributed by atoms with E-state index < -0.39 is 0 Å². The fraction of sp³-hybridized carbons (Fsp3) is 0.417. The van der Waals surface area contributed by atoms with E-state index in [2.05, 4.69) is 5.32 Å². The SMILES string of the molecule is COc1ccc(C(=O)N2C[C@@H](C(=O)NC3CC3)[C@H](c3ccc(OC)cc3OC)C2)cc1. The van der Waals surface area contributed by atoms with Crippen LogP contribution in [0.4, 0.5) is 0 Å². The van der Waals surface area contributed by atoms with Crippen LogP contribution in [0.3, 0.4) is 0 Å². The minimum atomic E-state index is -0.343. The molecule has 7 nitrogen and oxygen atoms in total. The second-order valence-electron chi connectivity index (χ2n) is 8.04. The average molecular weight is 424 g/mol. The molecule has 7 heteroatoms. The van der Waals surface area contributed by atoms with Crippen molar-refractivity contribution in [2.75, 3.05) is 34.4 Å². The monoisotopic (exact) mass is 424 g/mol. The van der Waals surface area contributed by atoms with Crippen LogP contribution in [0, 0.1) is 5.92 Å². The molecule has 1 saturated heterocycles. The number of nitrogens with one attached hydrogen (secondary N) is 1. The molecule has 1 aliphatic heterocycles. The predicted octanol–water partition coefficient (Wildman–Crippen LogP) is 2.85. The summed E-state index contributed by atoms with van der Waals surface area (Å²) < 4.78 is 16.1. The highest BCUT2D eigenvalue weighted by Gasteiger charge is 2.43. The van der Waals surface area contributed by atoms with E-state index in [1.165, 1.54) is 0 Å². The third-order valence-electron chi connectivity index (χ3n) is 6.04. The van der Waals surface area contributed by atoms with Gasteiger partial charge in [0.05, 0.1) is 27.2 Å². The second kappa shape index (κ2) is 8.88. The quantitative estimate of drug-likeness (QED) is 0.740. The number of hydrogen-bond acceptors (Lipinski definition) is 5. The molecule has 0 radical (unpaired) electrons. The molecule has 2 fully saturated rings. The smallest absolute Gasteiger partial charge is 0.253 e. The lowest BCUT2D eigenvalue weighted by molar-refractivity contribution is -0.125. The van der Waals surface area contributed by atoms with Crippen molar-refractivity contribution in [1.82, 2.24) is 10.2 Å². The van der Waals surface area contributed by atoms with Gasteiger partial charge >= 0.3 is 0 Å². The van der Waals surface area contributed by atoms with Gasteiger partial charge < -0.3 is 24.4 Å². The summed E-state index contributed by atoms with van der Waals surface area (Å²) in [6.07, 6.45) is 2.03. The molecule has 2 aromatic carbocycles. The molecule has 2 aliphatic rings. The summed E-state index contributed by atoms with van der Waals surface area (Å²) in [5, 5.41) is 3.11. The van der Waals surface area contributed by atoms with Gasteiger partial charge in [-0.15, -0.1) is 0 Å². The lowest BCUT2D eigenvalue weighted by atomic mass is 9.87. The first kappa shape index (κ1) is 21.0. The van der Waals surface area contributed by atoms with Gasteiger partial charge in [-0.3, -0.25) is 9.59 Å². The van der Waals surface area contributed by atoms with Crippen molar-refractivity contribution < 1.29 is 23.8 Å². The average Bonchev–Trinajstić information content (AvgIpc) is 3.51. The molecule has 1 aliphatic carbocycles. The Morgan fingerprint density at radius 2 is 1.58 bits per heavy atom. The maximum Gasteiger partial charge on any atom is 0.253 e. The molecule has 4 rings (SSSR count). The van der Waals surface area contributed by atoms with Gasteiger partial charge in [-0.2, -0.15) is 0 Å². The molecule has 1 N–H and O–H groups in total. The van der Waals surface area contributed by atoms with E-state index in [0.29, 0.717) is 35.9 Å². The highest BCUT2D eigenvalue weighted by molar-refractivity contribution is 5.95. The van der Waals surface area contributed by atoms with Crippen molar-refractivity contribution in [2.45, 2.75) is 24.8 Å². The van der Waals surface area contributed by atoms with E-state index in [1.807, 2.05) is 18.2 Å². The summed E-state index contributed by atoms with van der Waals surface area (Å²) in [6, 6.07) is 12.9. The molecule has 2 aromatic rings. The van der Waals surface area contributed by atoms with Gasteiger partial charge in [0.1, 0.15) is 17.2 Å². The van der Waals surface area contributed by atoms with Crippen LogP contribution in [0.25, 0.3) is 0 Å². The highest BCUT2D eigenvalue weighted by Crippen LogP contribution is 2.40. The number of rotatable bonds is 7. The Morgan fingerprint density at radius 3 is 2.19 bits per heavy atom. The molecule has 31 heavy (non-hydrogen) atoms. The number of benzene rings is 2. The van der Waals surface area contributed by atoms with Crippen molar-refractivity contribution in [3.05, 3.63) is 53.6 Å². The Hall–Kier alpha value is -3.22. The number of likely N-dealkylation sites (tertiary alicyclic amines) is 1. The van der Waals surface area contributed by atoms with Gasteiger partial charge in [-0.1, -0.05) is 6.07 Å². The second-order valence-corrected chi connectivity index (χ2v) is 8.04. The Bertz CT molecular complexity index is 955. The van der Waals surface area contributed by atoms with E-state index in [-0.39, 0.29) is 29.7 Å². The van der Waals surface area contributed by atoms with Crippen LogP contribution in [0.2, 0.25) is 0 Å². The van der Waals surface area contributed by atoms with Crippen LogP contribution in [0.15, 0.2) is 42.5 Å². The summed E-state index contributed by atoms with van der Waals surface area (Å²) in [6.45, 7) is 0.805. The molecule has 0 bridgehead atoms. The number of hydrogen-bond donors (Lipinski definition) is 1. The third kappa shape index (κ3) is 4.45. The zero-order valence-corrected chi connectivity index (χ0v) is 18.1. The van der Waals surface area contributed by atoms with Gasteiger partial charge in [0.2, 0.25) is 5.91 Å². The van der Waals surface area contributed by atoms with E-state index in [1.54, 1.807) is 50.5 Å². The van der Waals surface area contributed by atoms with Crippen molar-refractivity contribution in [3.63, 3.8) is 0 Å². The molecule has 2 amide bonds. The zero-order valence-electron chi connectivity index (χ0n) is 18.1. The van der Waals surface area contributed by atoms with Crippen LogP contribution >= 0.6 is 0 Å². The molecule has 1 heterocycles. The molecule has 164 valence electrons. The first-order valence-corrected chi connectivity index (χ1v) is 10.5. The minimum absolute atomic E-state index is 0.00426. The van der Waals surface area contributed by atoms with E-state index >= 15 is 0 Å². The highest BCUT2D eigenvalue weighted by atomic mass is 16.5. The Kier molecular flexibility index (Phi) is 6.02. The molecule has 1 saturated carbocycles. The summed E-state index contributed by atoms with van der Waals surface area (Å²) in [7, 11) is 4.80. The van der Waals surface area contributed by atoms with Crippen molar-refractivity contribution >= 4 is 11.8 Å². The van der Waals surface area contributed by atoms with E-state index in [4.69, 9.17) is 14.2 Å². The number of amides is 2. The first-order chi connectivity index (χ1) is 15.0. The minimum Gasteiger partial charge on any atom is -0.497 e. The third-order valence-corrected chi connectivity index (χ3v) is 6.04. The van der Waals surface area contributed by atoms with E-state index in [9.17, 15) is 9.59 Å². The molecule has 2 atom stereocenters. The predicted molar refractivity (Wildman–Crippen MR) is 116 cm³/mol. The number of nitrogens with zero attached hydrogens (tertiary/aromatic N) is 1. The summed E-state index contributed by atoms with van der Waals surface area (Å²) in [5.74, 6) is 1.43. The summed E-state index contributed by atoms with van der Waals surface area (Å²) >= 11 is 0. The van der Waals surface area contributed by atoms with Gasteiger partial charge in [0.15, 0.2) is 0 Å². The van der Waals surface area contributed by atoms with Crippen LogP contribution < -0.4 is 19.5 Å². The normalized spacial score (nSPS) is 20.3. The lowest BCUT2D eigenvalue weighted by Gasteiger charge is -2.21. The largest absolute Gasteiger partial charge is 0.497 e. The summed E-state index contributed by atoms with van der Waals surface area (Å²) in [5.41, 5.74) is 1.48. The Balaban J connectivity index is 1.62. The summed E-state index contributed by atoms with van der Waals surface area (Å²) in [4.78, 5) is 28.0. The topological polar surface area (TPSA) is 77.1 Å².